The Morgan fingerprint density at radius 2 is 1.76 bits per heavy atom. The molecule has 214 valence electrons. The number of carbonyl (C=O) groups excluding carboxylic acids is 2. The van der Waals surface area contributed by atoms with Crippen LogP contribution in [0.5, 0.6) is 5.75 Å². The van der Waals surface area contributed by atoms with Crippen molar-refractivity contribution in [2.75, 3.05) is 23.4 Å². The summed E-state index contributed by atoms with van der Waals surface area (Å²) in [6, 6.07) is 17.7. The summed E-state index contributed by atoms with van der Waals surface area (Å²) in [5.74, 6) is -0.183. The molecule has 13 heteroatoms. The molecule has 10 nitrogen and oxygen atoms in total. The van der Waals surface area contributed by atoms with Crippen LogP contribution >= 0.6 is 35.0 Å². The van der Waals surface area contributed by atoms with Gasteiger partial charge in [0, 0.05) is 18.3 Å². The molecule has 0 atom stereocenters. The Morgan fingerprint density at radius 1 is 1.00 bits per heavy atom. The normalized spacial score (nSPS) is 11.2. The molecule has 4 N–H and O–H groups in total. The SMILES string of the molecule is CC(C)(C)c1ccc(-n2nnnc2SCC(=O)Nc2ccc(OCC(=O)NCc3ccc(N)cc3)cc2Cl)c(Cl)c1. The zero-order valence-electron chi connectivity index (χ0n) is 22.6. The first-order valence-corrected chi connectivity index (χ1v) is 14.3. The van der Waals surface area contributed by atoms with Crippen LogP contribution < -0.4 is 21.1 Å². The van der Waals surface area contributed by atoms with Gasteiger partial charge in [0.15, 0.2) is 6.61 Å². The molecule has 3 aromatic carbocycles. The van der Waals surface area contributed by atoms with Crippen molar-refractivity contribution < 1.29 is 14.3 Å². The number of ether oxygens (including phenoxy) is 1. The number of nitrogens with zero attached hydrogens (tertiary/aromatic N) is 4. The molecule has 0 radical (unpaired) electrons. The van der Waals surface area contributed by atoms with Crippen LogP contribution in [0.3, 0.4) is 0 Å². The van der Waals surface area contributed by atoms with E-state index >= 15 is 0 Å². The Bertz CT molecular complexity index is 1540. The topological polar surface area (TPSA) is 137 Å². The Balaban J connectivity index is 1.28. The molecular weight excluding hydrogens is 585 g/mol. The van der Waals surface area contributed by atoms with Crippen LogP contribution in [0.25, 0.3) is 5.69 Å². The zero-order valence-corrected chi connectivity index (χ0v) is 25.0. The van der Waals surface area contributed by atoms with Gasteiger partial charge in [-0.05, 0) is 63.4 Å². The number of carbonyl (C=O) groups is 2. The third kappa shape index (κ3) is 8.35. The van der Waals surface area contributed by atoms with E-state index in [-0.39, 0.29) is 34.6 Å². The summed E-state index contributed by atoms with van der Waals surface area (Å²) < 4.78 is 7.03. The molecule has 1 aromatic heterocycles. The van der Waals surface area contributed by atoms with Gasteiger partial charge in [-0.2, -0.15) is 4.68 Å². The second-order valence-electron chi connectivity index (χ2n) is 10.1. The molecule has 0 aliphatic carbocycles. The van der Waals surface area contributed by atoms with Gasteiger partial charge in [0.2, 0.25) is 11.1 Å². The van der Waals surface area contributed by atoms with Gasteiger partial charge >= 0.3 is 0 Å². The van der Waals surface area contributed by atoms with Gasteiger partial charge in [-0.25, -0.2) is 0 Å². The van der Waals surface area contributed by atoms with Gasteiger partial charge < -0.3 is 21.1 Å². The molecule has 41 heavy (non-hydrogen) atoms. The molecule has 4 rings (SSSR count). The van der Waals surface area contributed by atoms with Crippen LogP contribution in [0.4, 0.5) is 11.4 Å². The Kier molecular flexibility index (Phi) is 9.74. The number of halogens is 2. The van der Waals surface area contributed by atoms with Crippen molar-refractivity contribution in [3.05, 3.63) is 81.8 Å². The summed E-state index contributed by atoms with van der Waals surface area (Å²) in [5, 5.41) is 18.5. The molecule has 0 aliphatic heterocycles. The van der Waals surface area contributed by atoms with Crippen LogP contribution in [-0.4, -0.2) is 44.4 Å². The van der Waals surface area contributed by atoms with Gasteiger partial charge in [-0.3, -0.25) is 9.59 Å². The monoisotopic (exact) mass is 613 g/mol. The first-order valence-electron chi connectivity index (χ1n) is 12.5. The molecule has 0 aliphatic rings. The number of benzene rings is 3. The minimum Gasteiger partial charge on any atom is -0.484 e. The number of anilines is 2. The molecule has 0 saturated heterocycles. The Morgan fingerprint density at radius 3 is 2.44 bits per heavy atom. The van der Waals surface area contributed by atoms with Gasteiger partial charge in [0.25, 0.3) is 5.91 Å². The lowest BCUT2D eigenvalue weighted by Gasteiger charge is -2.20. The highest BCUT2D eigenvalue weighted by molar-refractivity contribution is 7.99. The van der Waals surface area contributed by atoms with E-state index in [4.69, 9.17) is 33.7 Å². The first-order chi connectivity index (χ1) is 19.5. The molecule has 0 bridgehead atoms. The quantitative estimate of drug-likeness (QED) is 0.162. The van der Waals surface area contributed by atoms with Crippen LogP contribution in [0, 0.1) is 0 Å². The maximum atomic E-state index is 12.7. The predicted octanol–water partition coefficient (Wildman–Crippen LogP) is 5.27. The number of hydrogen-bond acceptors (Lipinski definition) is 8. The van der Waals surface area contributed by atoms with Crippen molar-refractivity contribution in [3.63, 3.8) is 0 Å². The lowest BCUT2D eigenvalue weighted by atomic mass is 9.87. The van der Waals surface area contributed by atoms with Gasteiger partial charge in [0.1, 0.15) is 5.75 Å². The van der Waals surface area contributed by atoms with Crippen molar-refractivity contribution >= 4 is 58.2 Å². The highest BCUT2D eigenvalue weighted by atomic mass is 35.5. The van der Waals surface area contributed by atoms with E-state index in [1.807, 2.05) is 30.3 Å². The summed E-state index contributed by atoms with van der Waals surface area (Å²) >= 11 is 14.0. The molecule has 4 aromatic rings. The van der Waals surface area contributed by atoms with E-state index in [1.165, 1.54) is 10.7 Å². The van der Waals surface area contributed by atoms with E-state index in [1.54, 1.807) is 24.3 Å². The predicted molar refractivity (Wildman–Crippen MR) is 162 cm³/mol. The van der Waals surface area contributed by atoms with Crippen molar-refractivity contribution in [1.29, 1.82) is 0 Å². The molecular formula is C28H29Cl2N7O3S. The lowest BCUT2D eigenvalue weighted by Crippen LogP contribution is -2.28. The highest BCUT2D eigenvalue weighted by Crippen LogP contribution is 2.31. The number of nitrogen functional groups attached to an aromatic ring is 1. The number of nitrogens with two attached hydrogens (primary N) is 1. The maximum absolute atomic E-state index is 12.7. The number of thioether (sulfide) groups is 1. The molecule has 0 unspecified atom stereocenters. The number of aromatic nitrogens is 4. The molecule has 0 saturated carbocycles. The average Bonchev–Trinajstić information content (AvgIpc) is 3.39. The molecule has 0 spiro atoms. The van der Waals surface area contributed by atoms with E-state index in [0.717, 1.165) is 22.9 Å². The summed E-state index contributed by atoms with van der Waals surface area (Å²) in [6.45, 7) is 6.48. The van der Waals surface area contributed by atoms with E-state index in [9.17, 15) is 9.59 Å². The van der Waals surface area contributed by atoms with Crippen molar-refractivity contribution in [2.45, 2.75) is 37.9 Å². The fourth-order valence-electron chi connectivity index (χ4n) is 3.60. The minimum absolute atomic E-state index is 0.0286. The number of hydrogen-bond donors (Lipinski definition) is 3. The maximum Gasteiger partial charge on any atom is 0.258 e. The number of tetrazole rings is 1. The van der Waals surface area contributed by atoms with E-state index in [0.29, 0.717) is 39.5 Å². The van der Waals surface area contributed by atoms with Crippen LogP contribution in [0.15, 0.2) is 65.8 Å². The minimum atomic E-state index is -0.309. The Labute approximate surface area is 251 Å². The highest BCUT2D eigenvalue weighted by Gasteiger charge is 2.19. The standard InChI is InChI=1S/C28H29Cl2N7O3S/c1-28(2,3)18-6-11-24(22(30)12-18)37-27(34-35-36-37)41-16-26(39)33-23-10-9-20(13-21(23)29)40-15-25(38)32-14-17-4-7-19(31)8-5-17/h4-13H,14-16,31H2,1-3H3,(H,32,38)(H,33,39). The summed E-state index contributed by atoms with van der Waals surface area (Å²) in [6.07, 6.45) is 0. The molecule has 1 heterocycles. The van der Waals surface area contributed by atoms with Crippen LogP contribution in [0.2, 0.25) is 10.0 Å². The van der Waals surface area contributed by atoms with Crippen molar-refractivity contribution in [1.82, 2.24) is 25.5 Å². The summed E-state index contributed by atoms with van der Waals surface area (Å²) in [5.41, 5.74) is 9.29. The van der Waals surface area contributed by atoms with Gasteiger partial charge in [0.05, 0.1) is 27.2 Å². The average molecular weight is 615 g/mol. The summed E-state index contributed by atoms with van der Waals surface area (Å²) in [7, 11) is 0. The Hall–Kier alpha value is -3.80. The third-order valence-corrected chi connectivity index (χ3v) is 7.40. The number of amides is 2. The largest absolute Gasteiger partial charge is 0.484 e. The zero-order chi connectivity index (χ0) is 29.6. The van der Waals surface area contributed by atoms with Gasteiger partial charge in [-0.15, -0.1) is 5.10 Å². The van der Waals surface area contributed by atoms with Gasteiger partial charge in [-0.1, -0.05) is 73.9 Å². The second-order valence-corrected chi connectivity index (χ2v) is 11.8. The fourth-order valence-corrected chi connectivity index (χ4v) is 4.77. The third-order valence-electron chi connectivity index (χ3n) is 5.87. The molecule has 0 fully saturated rings. The van der Waals surface area contributed by atoms with Crippen LogP contribution in [0.1, 0.15) is 31.9 Å². The second kappa shape index (κ2) is 13.2. The smallest absolute Gasteiger partial charge is 0.258 e. The fraction of sp³-hybridized carbons (Fsp3) is 0.250. The molecule has 2 amide bonds. The lowest BCUT2D eigenvalue weighted by molar-refractivity contribution is -0.123. The number of nitrogens with one attached hydrogen (secondary N) is 2. The van der Waals surface area contributed by atoms with Crippen molar-refractivity contribution in [2.24, 2.45) is 0 Å². The van der Waals surface area contributed by atoms with Crippen molar-refractivity contribution in [3.8, 4) is 11.4 Å². The van der Waals surface area contributed by atoms with Crippen LogP contribution in [-0.2, 0) is 21.5 Å². The summed E-state index contributed by atoms with van der Waals surface area (Å²) in [4.78, 5) is 24.8. The van der Waals surface area contributed by atoms with E-state index < -0.39 is 0 Å². The number of rotatable bonds is 10. The first kappa shape index (κ1) is 30.2. The van der Waals surface area contributed by atoms with E-state index in [2.05, 4.69) is 46.9 Å².